The van der Waals surface area contributed by atoms with E-state index in [9.17, 15) is 0 Å². The van der Waals surface area contributed by atoms with Gasteiger partial charge in [-0.25, -0.2) is 0 Å². The summed E-state index contributed by atoms with van der Waals surface area (Å²) in [6, 6.07) is 2.03. The quantitative estimate of drug-likeness (QED) is 0.823. The predicted octanol–water partition coefficient (Wildman–Crippen LogP) is 0.922. The molecule has 0 bridgehead atoms. The first-order valence-corrected chi connectivity index (χ1v) is 8.09. The third kappa shape index (κ3) is 3.13. The molecule has 19 heavy (non-hydrogen) atoms. The van der Waals surface area contributed by atoms with Crippen molar-refractivity contribution < 1.29 is 4.74 Å². The second-order valence-electron chi connectivity index (χ2n) is 6.57. The molecule has 0 aromatic carbocycles. The van der Waals surface area contributed by atoms with Crippen LogP contribution in [0.5, 0.6) is 0 Å². The van der Waals surface area contributed by atoms with Crippen LogP contribution >= 0.6 is 0 Å². The lowest BCUT2D eigenvalue weighted by Gasteiger charge is -2.43. The molecular weight excluding hydrogens is 238 g/mol. The minimum atomic E-state index is 0.425. The average Bonchev–Trinajstić information content (AvgIpc) is 2.86. The molecule has 0 aromatic rings. The van der Waals surface area contributed by atoms with Crippen LogP contribution in [0.2, 0.25) is 0 Å². The SMILES string of the molecule is CCC1CNC(C)CN1CC1CN2CCCC2CO1. The van der Waals surface area contributed by atoms with Gasteiger partial charge in [-0.3, -0.25) is 9.80 Å². The highest BCUT2D eigenvalue weighted by Crippen LogP contribution is 2.23. The van der Waals surface area contributed by atoms with Crippen molar-refractivity contribution in [3.05, 3.63) is 0 Å². The monoisotopic (exact) mass is 267 g/mol. The smallest absolute Gasteiger partial charge is 0.0829 e. The Morgan fingerprint density at radius 3 is 3.05 bits per heavy atom. The summed E-state index contributed by atoms with van der Waals surface area (Å²) in [7, 11) is 0. The first-order chi connectivity index (χ1) is 9.26. The summed E-state index contributed by atoms with van der Waals surface area (Å²) in [5.41, 5.74) is 0. The van der Waals surface area contributed by atoms with E-state index in [1.165, 1.54) is 32.4 Å². The Hall–Kier alpha value is -0.160. The van der Waals surface area contributed by atoms with Crippen LogP contribution in [0.15, 0.2) is 0 Å². The molecule has 3 heterocycles. The van der Waals surface area contributed by atoms with Crippen molar-refractivity contribution in [2.75, 3.05) is 39.3 Å². The zero-order valence-electron chi connectivity index (χ0n) is 12.5. The molecule has 4 nitrogen and oxygen atoms in total. The number of ether oxygens (including phenoxy) is 1. The molecule has 3 saturated heterocycles. The summed E-state index contributed by atoms with van der Waals surface area (Å²) in [4.78, 5) is 5.31. The van der Waals surface area contributed by atoms with E-state index < -0.39 is 0 Å². The lowest BCUT2D eigenvalue weighted by molar-refractivity contribution is -0.0690. The van der Waals surface area contributed by atoms with Gasteiger partial charge in [0.1, 0.15) is 0 Å². The van der Waals surface area contributed by atoms with E-state index in [1.54, 1.807) is 0 Å². The molecule has 0 radical (unpaired) electrons. The fourth-order valence-corrected chi connectivity index (χ4v) is 3.92. The van der Waals surface area contributed by atoms with E-state index in [4.69, 9.17) is 4.74 Å². The highest BCUT2D eigenvalue weighted by molar-refractivity contribution is 4.89. The van der Waals surface area contributed by atoms with E-state index in [2.05, 4.69) is 29.0 Å². The second kappa shape index (κ2) is 6.08. The van der Waals surface area contributed by atoms with Gasteiger partial charge in [0.05, 0.1) is 12.7 Å². The van der Waals surface area contributed by atoms with Gasteiger partial charge in [-0.15, -0.1) is 0 Å². The van der Waals surface area contributed by atoms with Gasteiger partial charge >= 0.3 is 0 Å². The summed E-state index contributed by atoms with van der Waals surface area (Å²) in [5.74, 6) is 0. The van der Waals surface area contributed by atoms with Gasteiger partial charge in [-0.1, -0.05) is 6.92 Å². The molecule has 0 amide bonds. The van der Waals surface area contributed by atoms with Crippen LogP contribution in [0.4, 0.5) is 0 Å². The van der Waals surface area contributed by atoms with Crippen molar-refractivity contribution in [1.82, 2.24) is 15.1 Å². The summed E-state index contributed by atoms with van der Waals surface area (Å²) in [6.07, 6.45) is 4.37. The van der Waals surface area contributed by atoms with Crippen LogP contribution in [0, 0.1) is 0 Å². The number of rotatable bonds is 3. The molecule has 0 aromatic heterocycles. The van der Waals surface area contributed by atoms with E-state index in [1.807, 2.05) is 0 Å². The molecule has 0 aliphatic carbocycles. The Morgan fingerprint density at radius 2 is 2.21 bits per heavy atom. The van der Waals surface area contributed by atoms with E-state index in [0.29, 0.717) is 18.2 Å². The lowest BCUT2D eigenvalue weighted by Crippen LogP contribution is -2.59. The van der Waals surface area contributed by atoms with Gasteiger partial charge < -0.3 is 10.1 Å². The number of piperazine rings is 1. The molecule has 4 unspecified atom stereocenters. The number of fused-ring (bicyclic) bond motifs is 1. The first kappa shape index (κ1) is 13.8. The van der Waals surface area contributed by atoms with Gasteiger partial charge in [0.2, 0.25) is 0 Å². The molecule has 0 spiro atoms. The maximum absolute atomic E-state index is 6.12. The van der Waals surface area contributed by atoms with Crippen molar-refractivity contribution in [2.45, 2.75) is 57.3 Å². The summed E-state index contributed by atoms with van der Waals surface area (Å²) in [6.45, 7) is 11.4. The Kier molecular flexibility index (Phi) is 4.42. The van der Waals surface area contributed by atoms with Crippen molar-refractivity contribution in [3.8, 4) is 0 Å². The predicted molar refractivity (Wildman–Crippen MR) is 77.5 cm³/mol. The largest absolute Gasteiger partial charge is 0.374 e. The van der Waals surface area contributed by atoms with Crippen molar-refractivity contribution in [3.63, 3.8) is 0 Å². The maximum atomic E-state index is 6.12. The molecule has 3 aliphatic rings. The van der Waals surface area contributed by atoms with Crippen LogP contribution < -0.4 is 5.32 Å². The lowest BCUT2D eigenvalue weighted by atomic mass is 10.1. The van der Waals surface area contributed by atoms with Crippen molar-refractivity contribution in [1.29, 1.82) is 0 Å². The van der Waals surface area contributed by atoms with Gasteiger partial charge in [-0.05, 0) is 32.7 Å². The zero-order valence-corrected chi connectivity index (χ0v) is 12.5. The Labute approximate surface area is 117 Å². The topological polar surface area (TPSA) is 27.7 Å². The fourth-order valence-electron chi connectivity index (χ4n) is 3.92. The van der Waals surface area contributed by atoms with Crippen LogP contribution in [0.3, 0.4) is 0 Å². The van der Waals surface area contributed by atoms with Crippen molar-refractivity contribution >= 4 is 0 Å². The molecule has 1 N–H and O–H groups in total. The minimum Gasteiger partial charge on any atom is -0.374 e. The number of hydrogen-bond donors (Lipinski definition) is 1. The summed E-state index contributed by atoms with van der Waals surface area (Å²) < 4.78 is 6.12. The molecule has 110 valence electrons. The molecule has 0 saturated carbocycles. The van der Waals surface area contributed by atoms with E-state index in [-0.39, 0.29) is 0 Å². The van der Waals surface area contributed by atoms with Crippen LogP contribution in [-0.4, -0.2) is 73.4 Å². The minimum absolute atomic E-state index is 0.425. The van der Waals surface area contributed by atoms with E-state index >= 15 is 0 Å². The first-order valence-electron chi connectivity index (χ1n) is 8.09. The summed E-state index contributed by atoms with van der Waals surface area (Å²) in [5, 5.41) is 3.59. The number of morpholine rings is 1. The number of nitrogens with one attached hydrogen (secondary N) is 1. The van der Waals surface area contributed by atoms with Gasteiger partial charge in [-0.2, -0.15) is 0 Å². The number of hydrogen-bond acceptors (Lipinski definition) is 4. The third-order valence-electron chi connectivity index (χ3n) is 5.10. The molecule has 3 aliphatic heterocycles. The fraction of sp³-hybridized carbons (Fsp3) is 1.00. The van der Waals surface area contributed by atoms with Crippen LogP contribution in [0.25, 0.3) is 0 Å². The molecule has 4 heteroatoms. The molecular formula is C15H29N3O. The Morgan fingerprint density at radius 1 is 1.32 bits per heavy atom. The standard InChI is InChI=1S/C15H29N3O/c1-3-13-7-16-12(2)8-18(13)10-15-9-17-6-4-5-14(17)11-19-15/h12-16H,3-11H2,1-2H3. The Balaban J connectivity index is 1.54. The zero-order chi connectivity index (χ0) is 13.2. The highest BCUT2D eigenvalue weighted by Gasteiger charge is 2.34. The molecule has 3 fully saturated rings. The maximum Gasteiger partial charge on any atom is 0.0829 e. The second-order valence-corrected chi connectivity index (χ2v) is 6.57. The summed E-state index contributed by atoms with van der Waals surface area (Å²) >= 11 is 0. The van der Waals surface area contributed by atoms with Gasteiger partial charge in [0.25, 0.3) is 0 Å². The van der Waals surface area contributed by atoms with Gasteiger partial charge in [0, 0.05) is 44.3 Å². The van der Waals surface area contributed by atoms with Crippen LogP contribution in [-0.2, 0) is 4.74 Å². The highest BCUT2D eigenvalue weighted by atomic mass is 16.5. The van der Waals surface area contributed by atoms with Crippen molar-refractivity contribution in [2.24, 2.45) is 0 Å². The average molecular weight is 267 g/mol. The normalized spacial score (nSPS) is 41.4. The number of nitrogens with zero attached hydrogens (tertiary/aromatic N) is 2. The molecule has 4 atom stereocenters. The van der Waals surface area contributed by atoms with Crippen LogP contribution in [0.1, 0.15) is 33.1 Å². The Bertz CT molecular complexity index is 299. The van der Waals surface area contributed by atoms with E-state index in [0.717, 1.165) is 32.3 Å². The molecule has 3 rings (SSSR count). The van der Waals surface area contributed by atoms with Gasteiger partial charge in [0.15, 0.2) is 0 Å². The third-order valence-corrected chi connectivity index (χ3v) is 5.10.